The lowest BCUT2D eigenvalue weighted by Gasteiger charge is -2.04. The fourth-order valence-corrected chi connectivity index (χ4v) is 1.90. The maximum atomic E-state index is 13.7. The molecule has 0 N–H and O–H groups in total. The summed E-state index contributed by atoms with van der Waals surface area (Å²) in [5.74, 6) is -1.01. The molecule has 0 spiro atoms. The second-order valence-electron chi connectivity index (χ2n) is 3.98. The lowest BCUT2D eigenvalue weighted by atomic mass is 10.0. The van der Waals surface area contributed by atoms with E-state index in [1.807, 2.05) is 19.1 Å². The Morgan fingerprint density at radius 3 is 2.44 bits per heavy atom. The van der Waals surface area contributed by atoms with Crippen molar-refractivity contribution < 1.29 is 9.18 Å². The van der Waals surface area contributed by atoms with Crippen molar-refractivity contribution in [2.45, 2.75) is 13.3 Å². The van der Waals surface area contributed by atoms with Gasteiger partial charge in [-0.15, -0.1) is 0 Å². The van der Waals surface area contributed by atoms with Crippen molar-refractivity contribution in [3.05, 3.63) is 70.0 Å². The zero-order valence-corrected chi connectivity index (χ0v) is 10.7. The van der Waals surface area contributed by atoms with Crippen molar-refractivity contribution in [1.82, 2.24) is 0 Å². The van der Waals surface area contributed by atoms with Crippen LogP contribution in [0.5, 0.6) is 0 Å². The van der Waals surface area contributed by atoms with Crippen LogP contribution < -0.4 is 0 Å². The largest absolute Gasteiger partial charge is 0.288 e. The summed E-state index contributed by atoms with van der Waals surface area (Å²) in [5, 5.41) is -0.0361. The summed E-state index contributed by atoms with van der Waals surface area (Å²) in [6.07, 6.45) is 0.903. The number of carbonyl (C=O) groups is 1. The SMILES string of the molecule is CCc1ccc(C(=O)c2cccc(Cl)c2F)cc1. The first-order valence-corrected chi connectivity index (χ1v) is 6.09. The quantitative estimate of drug-likeness (QED) is 0.755. The van der Waals surface area contributed by atoms with Crippen LogP contribution in [-0.2, 0) is 6.42 Å². The number of carbonyl (C=O) groups excluding carboxylic acids is 1. The Morgan fingerprint density at radius 1 is 1.17 bits per heavy atom. The molecule has 0 heterocycles. The van der Waals surface area contributed by atoms with E-state index < -0.39 is 5.82 Å². The van der Waals surface area contributed by atoms with Gasteiger partial charge >= 0.3 is 0 Å². The van der Waals surface area contributed by atoms with E-state index in [1.165, 1.54) is 12.1 Å². The minimum absolute atomic E-state index is 0.00625. The van der Waals surface area contributed by atoms with E-state index in [-0.39, 0.29) is 16.4 Å². The molecule has 0 amide bonds. The van der Waals surface area contributed by atoms with Crippen molar-refractivity contribution in [3.63, 3.8) is 0 Å². The summed E-state index contributed by atoms with van der Waals surface area (Å²) in [4.78, 5) is 12.1. The van der Waals surface area contributed by atoms with Gasteiger partial charge in [0, 0.05) is 5.56 Å². The predicted molar refractivity (Wildman–Crippen MR) is 70.7 cm³/mol. The Labute approximate surface area is 110 Å². The van der Waals surface area contributed by atoms with E-state index in [4.69, 9.17) is 11.6 Å². The smallest absolute Gasteiger partial charge is 0.196 e. The lowest BCUT2D eigenvalue weighted by molar-refractivity contribution is 0.103. The molecular weight excluding hydrogens is 251 g/mol. The van der Waals surface area contributed by atoms with Crippen LogP contribution in [0.4, 0.5) is 4.39 Å². The molecule has 2 rings (SSSR count). The zero-order chi connectivity index (χ0) is 13.1. The summed E-state index contributed by atoms with van der Waals surface area (Å²) < 4.78 is 13.7. The van der Waals surface area contributed by atoms with Crippen LogP contribution >= 0.6 is 11.6 Å². The minimum Gasteiger partial charge on any atom is -0.288 e. The molecular formula is C15H12ClFO. The molecule has 0 aromatic heterocycles. The van der Waals surface area contributed by atoms with Gasteiger partial charge in [-0.1, -0.05) is 48.9 Å². The molecule has 3 heteroatoms. The van der Waals surface area contributed by atoms with E-state index in [9.17, 15) is 9.18 Å². The zero-order valence-electron chi connectivity index (χ0n) is 9.91. The molecule has 0 radical (unpaired) electrons. The molecule has 0 fully saturated rings. The Bertz CT molecular complexity index is 576. The first kappa shape index (κ1) is 12.8. The number of halogens is 2. The molecule has 92 valence electrons. The number of benzene rings is 2. The van der Waals surface area contributed by atoms with Gasteiger partial charge in [-0.25, -0.2) is 4.39 Å². The van der Waals surface area contributed by atoms with Crippen molar-refractivity contribution >= 4 is 17.4 Å². The average Bonchev–Trinajstić information content (AvgIpc) is 2.41. The minimum atomic E-state index is -0.663. The van der Waals surface area contributed by atoms with Crippen LogP contribution in [0.1, 0.15) is 28.4 Å². The monoisotopic (exact) mass is 262 g/mol. The molecule has 0 saturated carbocycles. The van der Waals surface area contributed by atoms with E-state index in [1.54, 1.807) is 18.2 Å². The van der Waals surface area contributed by atoms with Crippen LogP contribution in [0, 0.1) is 5.82 Å². The highest BCUT2D eigenvalue weighted by atomic mass is 35.5. The fraction of sp³-hybridized carbons (Fsp3) is 0.133. The molecule has 2 aromatic carbocycles. The van der Waals surface area contributed by atoms with Gasteiger partial charge < -0.3 is 0 Å². The Morgan fingerprint density at radius 2 is 1.83 bits per heavy atom. The molecule has 0 aliphatic rings. The number of hydrogen-bond acceptors (Lipinski definition) is 1. The van der Waals surface area contributed by atoms with Gasteiger partial charge in [-0.3, -0.25) is 4.79 Å². The topological polar surface area (TPSA) is 17.1 Å². The molecule has 18 heavy (non-hydrogen) atoms. The predicted octanol–water partition coefficient (Wildman–Crippen LogP) is 4.27. The van der Waals surface area contributed by atoms with Crippen molar-refractivity contribution in [2.24, 2.45) is 0 Å². The van der Waals surface area contributed by atoms with Gasteiger partial charge in [0.15, 0.2) is 11.6 Å². The summed E-state index contributed by atoms with van der Waals surface area (Å²) in [6, 6.07) is 11.6. The Balaban J connectivity index is 2.38. The molecule has 0 aliphatic heterocycles. The second-order valence-corrected chi connectivity index (χ2v) is 4.39. The van der Waals surface area contributed by atoms with Crippen LogP contribution in [0.2, 0.25) is 5.02 Å². The van der Waals surface area contributed by atoms with Gasteiger partial charge in [0.05, 0.1) is 10.6 Å². The number of aryl methyl sites for hydroxylation is 1. The third-order valence-corrected chi connectivity index (χ3v) is 3.11. The standard InChI is InChI=1S/C15H12ClFO/c1-2-10-6-8-11(9-7-10)15(18)12-4-3-5-13(16)14(12)17/h3-9H,2H2,1H3. The van der Waals surface area contributed by atoms with Crippen LogP contribution in [-0.4, -0.2) is 5.78 Å². The van der Waals surface area contributed by atoms with Gasteiger partial charge in [0.1, 0.15) is 0 Å². The fourth-order valence-electron chi connectivity index (χ4n) is 1.73. The first-order chi connectivity index (χ1) is 8.63. The Kier molecular flexibility index (Phi) is 3.78. The molecule has 0 bridgehead atoms. The number of rotatable bonds is 3. The maximum absolute atomic E-state index is 13.7. The number of ketones is 1. The summed E-state index contributed by atoms with van der Waals surface area (Å²) in [7, 11) is 0. The van der Waals surface area contributed by atoms with Gasteiger partial charge in [-0.05, 0) is 24.1 Å². The normalized spacial score (nSPS) is 10.4. The summed E-state index contributed by atoms with van der Waals surface area (Å²) in [5.41, 5.74) is 1.61. The molecule has 2 aromatic rings. The number of hydrogen-bond donors (Lipinski definition) is 0. The van der Waals surface area contributed by atoms with Crippen LogP contribution in [0.15, 0.2) is 42.5 Å². The molecule has 0 saturated heterocycles. The van der Waals surface area contributed by atoms with Crippen molar-refractivity contribution in [1.29, 1.82) is 0 Å². The van der Waals surface area contributed by atoms with E-state index in [2.05, 4.69) is 0 Å². The van der Waals surface area contributed by atoms with Crippen molar-refractivity contribution in [2.75, 3.05) is 0 Å². The van der Waals surface area contributed by atoms with Crippen molar-refractivity contribution in [3.8, 4) is 0 Å². The molecule has 1 nitrogen and oxygen atoms in total. The molecule has 0 aliphatic carbocycles. The third-order valence-electron chi connectivity index (χ3n) is 2.82. The third kappa shape index (κ3) is 2.44. The highest BCUT2D eigenvalue weighted by Crippen LogP contribution is 2.20. The second kappa shape index (κ2) is 5.32. The van der Waals surface area contributed by atoms with E-state index in [0.717, 1.165) is 12.0 Å². The average molecular weight is 263 g/mol. The Hall–Kier alpha value is -1.67. The van der Waals surface area contributed by atoms with Gasteiger partial charge in [0.2, 0.25) is 0 Å². The highest BCUT2D eigenvalue weighted by molar-refractivity contribution is 6.31. The van der Waals surface area contributed by atoms with E-state index in [0.29, 0.717) is 5.56 Å². The lowest BCUT2D eigenvalue weighted by Crippen LogP contribution is -2.04. The maximum Gasteiger partial charge on any atom is 0.196 e. The van der Waals surface area contributed by atoms with E-state index >= 15 is 0 Å². The van der Waals surface area contributed by atoms with Gasteiger partial charge in [0.25, 0.3) is 0 Å². The van der Waals surface area contributed by atoms with Gasteiger partial charge in [-0.2, -0.15) is 0 Å². The molecule has 0 unspecified atom stereocenters. The van der Waals surface area contributed by atoms with Crippen LogP contribution in [0.3, 0.4) is 0 Å². The summed E-state index contributed by atoms with van der Waals surface area (Å²) >= 11 is 5.67. The first-order valence-electron chi connectivity index (χ1n) is 5.71. The highest BCUT2D eigenvalue weighted by Gasteiger charge is 2.15. The summed E-state index contributed by atoms with van der Waals surface area (Å²) in [6.45, 7) is 2.04. The van der Waals surface area contributed by atoms with Crippen LogP contribution in [0.25, 0.3) is 0 Å². The molecule has 0 atom stereocenters.